The lowest BCUT2D eigenvalue weighted by Gasteiger charge is -2.15. The maximum Gasteiger partial charge on any atom is 0.124 e. The molecule has 88 valence electrons. The molecule has 1 saturated heterocycles. The maximum absolute atomic E-state index is 5.89. The highest BCUT2D eigenvalue weighted by Crippen LogP contribution is 2.24. The lowest BCUT2D eigenvalue weighted by Crippen LogP contribution is -2.14. The Morgan fingerprint density at radius 3 is 3.00 bits per heavy atom. The second kappa shape index (κ2) is 5.32. The molecular weight excluding hydrogens is 202 g/mol. The third-order valence-electron chi connectivity index (χ3n) is 2.91. The van der Waals surface area contributed by atoms with Crippen molar-refractivity contribution in [3.05, 3.63) is 29.8 Å². The van der Waals surface area contributed by atoms with Crippen LogP contribution in [-0.2, 0) is 4.74 Å². The van der Waals surface area contributed by atoms with Gasteiger partial charge in [-0.1, -0.05) is 18.2 Å². The van der Waals surface area contributed by atoms with Gasteiger partial charge in [-0.25, -0.2) is 0 Å². The number of benzene rings is 1. The van der Waals surface area contributed by atoms with Crippen LogP contribution in [0.15, 0.2) is 24.3 Å². The van der Waals surface area contributed by atoms with Crippen LogP contribution in [0.1, 0.15) is 24.9 Å². The van der Waals surface area contributed by atoms with Crippen molar-refractivity contribution in [2.45, 2.75) is 19.4 Å². The molecular formula is C13H19NO2. The number of hydrogen-bond donors (Lipinski definition) is 1. The van der Waals surface area contributed by atoms with Crippen LogP contribution in [0, 0.1) is 5.92 Å². The van der Waals surface area contributed by atoms with Crippen molar-refractivity contribution in [1.82, 2.24) is 0 Å². The first-order valence-electron chi connectivity index (χ1n) is 5.82. The molecule has 0 saturated carbocycles. The molecule has 0 bridgehead atoms. The zero-order valence-electron chi connectivity index (χ0n) is 9.69. The molecule has 0 spiro atoms. The van der Waals surface area contributed by atoms with E-state index in [0.717, 1.165) is 37.6 Å². The zero-order chi connectivity index (χ0) is 11.4. The first-order valence-corrected chi connectivity index (χ1v) is 5.82. The van der Waals surface area contributed by atoms with Gasteiger partial charge in [-0.05, 0) is 19.4 Å². The van der Waals surface area contributed by atoms with E-state index in [9.17, 15) is 0 Å². The summed E-state index contributed by atoms with van der Waals surface area (Å²) >= 11 is 0. The van der Waals surface area contributed by atoms with Gasteiger partial charge in [0.15, 0.2) is 0 Å². The van der Waals surface area contributed by atoms with Gasteiger partial charge in [-0.2, -0.15) is 0 Å². The Hall–Kier alpha value is -1.06. The highest BCUT2D eigenvalue weighted by atomic mass is 16.5. The Labute approximate surface area is 96.5 Å². The Balaban J connectivity index is 1.97. The molecule has 2 N–H and O–H groups in total. The number of rotatable bonds is 4. The normalized spacial score (nSPS) is 22.0. The predicted octanol–water partition coefficient (Wildman–Crippen LogP) is 2.12. The van der Waals surface area contributed by atoms with E-state index in [1.165, 1.54) is 0 Å². The molecule has 1 aromatic rings. The molecule has 0 aliphatic carbocycles. The van der Waals surface area contributed by atoms with Crippen LogP contribution < -0.4 is 10.5 Å². The first kappa shape index (κ1) is 11.4. The second-order valence-electron chi connectivity index (χ2n) is 4.37. The molecule has 1 aliphatic heterocycles. The van der Waals surface area contributed by atoms with Crippen molar-refractivity contribution >= 4 is 0 Å². The molecule has 0 radical (unpaired) electrons. The van der Waals surface area contributed by atoms with Gasteiger partial charge in [0.25, 0.3) is 0 Å². The average molecular weight is 221 g/mol. The van der Waals surface area contributed by atoms with Crippen LogP contribution in [0.4, 0.5) is 0 Å². The van der Waals surface area contributed by atoms with Crippen LogP contribution in [0.2, 0.25) is 0 Å². The summed E-state index contributed by atoms with van der Waals surface area (Å²) in [5, 5.41) is 0. The SMILES string of the molecule is C[C@H](N)c1ccccc1OCC1CCOC1. The summed E-state index contributed by atoms with van der Waals surface area (Å²) in [6, 6.07) is 7.98. The Bertz CT molecular complexity index is 332. The molecule has 1 fully saturated rings. The number of ether oxygens (including phenoxy) is 2. The Morgan fingerprint density at radius 2 is 2.31 bits per heavy atom. The van der Waals surface area contributed by atoms with Gasteiger partial charge in [0.1, 0.15) is 5.75 Å². The van der Waals surface area contributed by atoms with Crippen molar-refractivity contribution in [3.63, 3.8) is 0 Å². The summed E-state index contributed by atoms with van der Waals surface area (Å²) in [7, 11) is 0. The fraction of sp³-hybridized carbons (Fsp3) is 0.538. The van der Waals surface area contributed by atoms with E-state index in [0.29, 0.717) is 5.92 Å². The van der Waals surface area contributed by atoms with Crippen molar-refractivity contribution < 1.29 is 9.47 Å². The van der Waals surface area contributed by atoms with E-state index >= 15 is 0 Å². The molecule has 1 aromatic carbocycles. The van der Waals surface area contributed by atoms with Crippen molar-refractivity contribution in [3.8, 4) is 5.75 Å². The highest BCUT2D eigenvalue weighted by Gasteiger charge is 2.17. The van der Waals surface area contributed by atoms with Gasteiger partial charge in [0.2, 0.25) is 0 Å². The van der Waals surface area contributed by atoms with Crippen LogP contribution in [-0.4, -0.2) is 19.8 Å². The minimum absolute atomic E-state index is 0.0102. The van der Waals surface area contributed by atoms with E-state index in [-0.39, 0.29) is 6.04 Å². The second-order valence-corrected chi connectivity index (χ2v) is 4.37. The number of hydrogen-bond acceptors (Lipinski definition) is 3. The van der Waals surface area contributed by atoms with E-state index in [4.69, 9.17) is 15.2 Å². The largest absolute Gasteiger partial charge is 0.493 e. The summed E-state index contributed by atoms with van der Waals surface area (Å²) < 4.78 is 11.1. The van der Waals surface area contributed by atoms with Gasteiger partial charge in [0.05, 0.1) is 13.2 Å². The molecule has 1 heterocycles. The average Bonchev–Trinajstić information content (AvgIpc) is 2.79. The van der Waals surface area contributed by atoms with Crippen LogP contribution in [0.5, 0.6) is 5.75 Å². The van der Waals surface area contributed by atoms with E-state index in [1.807, 2.05) is 31.2 Å². The van der Waals surface area contributed by atoms with Crippen LogP contribution >= 0.6 is 0 Å². The van der Waals surface area contributed by atoms with Gasteiger partial charge in [-0.3, -0.25) is 0 Å². The summed E-state index contributed by atoms with van der Waals surface area (Å²) in [5.74, 6) is 1.44. The van der Waals surface area contributed by atoms with Gasteiger partial charge < -0.3 is 15.2 Å². The smallest absolute Gasteiger partial charge is 0.124 e. The molecule has 0 aromatic heterocycles. The lowest BCUT2D eigenvalue weighted by atomic mass is 10.1. The topological polar surface area (TPSA) is 44.5 Å². The van der Waals surface area contributed by atoms with E-state index < -0.39 is 0 Å². The van der Waals surface area contributed by atoms with Gasteiger partial charge in [0, 0.05) is 24.1 Å². The molecule has 1 aliphatic rings. The third kappa shape index (κ3) is 2.74. The standard InChI is InChI=1S/C13H19NO2/c1-10(14)12-4-2-3-5-13(12)16-9-11-6-7-15-8-11/h2-5,10-11H,6-9,14H2,1H3/t10-,11?/m0/s1. The zero-order valence-corrected chi connectivity index (χ0v) is 9.69. The Kier molecular flexibility index (Phi) is 3.80. The minimum Gasteiger partial charge on any atom is -0.493 e. The monoisotopic (exact) mass is 221 g/mol. The first-order chi connectivity index (χ1) is 7.77. The highest BCUT2D eigenvalue weighted by molar-refractivity contribution is 5.35. The lowest BCUT2D eigenvalue weighted by molar-refractivity contribution is 0.166. The summed E-state index contributed by atoms with van der Waals surface area (Å²) in [6.45, 7) is 4.38. The predicted molar refractivity (Wildman–Crippen MR) is 63.5 cm³/mol. The number of para-hydroxylation sites is 1. The molecule has 1 unspecified atom stereocenters. The summed E-state index contributed by atoms with van der Waals surface area (Å²) in [6.07, 6.45) is 1.10. The summed E-state index contributed by atoms with van der Waals surface area (Å²) in [5.41, 5.74) is 6.96. The molecule has 16 heavy (non-hydrogen) atoms. The maximum atomic E-state index is 5.89. The molecule has 2 rings (SSSR count). The van der Waals surface area contributed by atoms with Crippen molar-refractivity contribution in [2.24, 2.45) is 11.7 Å². The van der Waals surface area contributed by atoms with Gasteiger partial charge in [-0.15, -0.1) is 0 Å². The van der Waals surface area contributed by atoms with Crippen molar-refractivity contribution in [1.29, 1.82) is 0 Å². The third-order valence-corrected chi connectivity index (χ3v) is 2.91. The number of nitrogens with two attached hydrogens (primary N) is 1. The molecule has 3 nitrogen and oxygen atoms in total. The van der Waals surface area contributed by atoms with E-state index in [2.05, 4.69) is 0 Å². The van der Waals surface area contributed by atoms with Crippen LogP contribution in [0.3, 0.4) is 0 Å². The Morgan fingerprint density at radius 1 is 1.50 bits per heavy atom. The van der Waals surface area contributed by atoms with Gasteiger partial charge >= 0.3 is 0 Å². The molecule has 0 amide bonds. The van der Waals surface area contributed by atoms with Crippen LogP contribution in [0.25, 0.3) is 0 Å². The summed E-state index contributed by atoms with van der Waals surface area (Å²) in [4.78, 5) is 0. The molecule has 2 atom stereocenters. The minimum atomic E-state index is 0.0102. The van der Waals surface area contributed by atoms with E-state index in [1.54, 1.807) is 0 Å². The fourth-order valence-electron chi connectivity index (χ4n) is 1.91. The van der Waals surface area contributed by atoms with Crippen molar-refractivity contribution in [2.75, 3.05) is 19.8 Å². The molecule has 3 heteroatoms. The fourth-order valence-corrected chi connectivity index (χ4v) is 1.91. The quantitative estimate of drug-likeness (QED) is 0.847.